The zero-order valence-electron chi connectivity index (χ0n) is 7.03. The zero-order valence-corrected chi connectivity index (χ0v) is 7.03. The van der Waals surface area contributed by atoms with Crippen LogP contribution in [0.25, 0.3) is 11.2 Å². The van der Waals surface area contributed by atoms with Crippen LogP contribution in [-0.2, 0) is 5.54 Å². The topological polar surface area (TPSA) is 64.9 Å². The average Bonchev–Trinajstić information content (AvgIpc) is 2.74. The predicted octanol–water partition coefficient (Wildman–Crippen LogP) is 1.17. The molecule has 4 heteroatoms. The molecule has 1 saturated carbocycles. The van der Waals surface area contributed by atoms with Gasteiger partial charge < -0.3 is 10.2 Å². The first-order valence-corrected chi connectivity index (χ1v) is 4.27. The van der Waals surface area contributed by atoms with Crippen molar-refractivity contribution in [2.24, 2.45) is 5.73 Å². The van der Waals surface area contributed by atoms with E-state index in [-0.39, 0.29) is 5.54 Å². The molecule has 0 radical (unpaired) electrons. The summed E-state index contributed by atoms with van der Waals surface area (Å²) in [7, 11) is 0. The van der Waals surface area contributed by atoms with Gasteiger partial charge in [-0.1, -0.05) is 0 Å². The maximum atomic E-state index is 6.03. The first-order valence-electron chi connectivity index (χ1n) is 4.27. The normalized spacial score (nSPS) is 19.2. The Morgan fingerprint density at radius 2 is 2.23 bits per heavy atom. The van der Waals surface area contributed by atoms with Crippen LogP contribution in [-0.4, -0.2) is 9.97 Å². The molecular weight excluding hydrogens is 166 g/mol. The fraction of sp³-hybridized carbons (Fsp3) is 0.333. The van der Waals surface area contributed by atoms with E-state index < -0.39 is 0 Å². The maximum Gasteiger partial charge on any atom is 0.246 e. The van der Waals surface area contributed by atoms with Crippen LogP contribution in [0, 0.1) is 0 Å². The monoisotopic (exact) mass is 175 g/mol. The second kappa shape index (κ2) is 2.09. The number of nitrogens with zero attached hydrogens (tertiary/aromatic N) is 2. The van der Waals surface area contributed by atoms with Crippen molar-refractivity contribution in [3.05, 3.63) is 24.2 Å². The molecule has 0 saturated heterocycles. The Morgan fingerprint density at radius 1 is 1.38 bits per heavy atom. The minimum Gasteiger partial charge on any atom is -0.425 e. The van der Waals surface area contributed by atoms with Crippen molar-refractivity contribution in [1.29, 1.82) is 0 Å². The van der Waals surface area contributed by atoms with E-state index in [1.807, 2.05) is 6.07 Å². The molecule has 66 valence electrons. The lowest BCUT2D eigenvalue weighted by Crippen LogP contribution is -2.18. The van der Waals surface area contributed by atoms with Gasteiger partial charge in [-0.2, -0.15) is 0 Å². The van der Waals surface area contributed by atoms with Crippen molar-refractivity contribution < 1.29 is 4.42 Å². The lowest BCUT2D eigenvalue weighted by molar-refractivity contribution is 0.590. The van der Waals surface area contributed by atoms with Crippen molar-refractivity contribution in [1.82, 2.24) is 9.97 Å². The smallest absolute Gasteiger partial charge is 0.246 e. The molecule has 2 aromatic rings. The second-order valence-electron chi connectivity index (χ2n) is 3.56. The van der Waals surface area contributed by atoms with E-state index in [9.17, 15) is 0 Å². The highest BCUT2D eigenvalue weighted by molar-refractivity contribution is 5.68. The summed E-state index contributed by atoms with van der Waals surface area (Å²) < 4.78 is 5.04. The summed E-state index contributed by atoms with van der Waals surface area (Å²) in [6, 6.07) is 1.96. The summed E-state index contributed by atoms with van der Waals surface area (Å²) >= 11 is 0. The minimum atomic E-state index is -0.139. The summed E-state index contributed by atoms with van der Waals surface area (Å²) in [5.41, 5.74) is 8.32. The maximum absolute atomic E-state index is 6.03. The van der Waals surface area contributed by atoms with Gasteiger partial charge in [0.2, 0.25) is 5.71 Å². The molecule has 13 heavy (non-hydrogen) atoms. The van der Waals surface area contributed by atoms with E-state index in [4.69, 9.17) is 10.2 Å². The summed E-state index contributed by atoms with van der Waals surface area (Å²) in [6.07, 6.45) is 5.26. The molecule has 1 fully saturated rings. The largest absolute Gasteiger partial charge is 0.425 e. The fourth-order valence-electron chi connectivity index (χ4n) is 1.45. The molecule has 2 heterocycles. The summed E-state index contributed by atoms with van der Waals surface area (Å²) in [6.45, 7) is 0. The lowest BCUT2D eigenvalue weighted by Gasteiger charge is -2.06. The van der Waals surface area contributed by atoms with Crippen molar-refractivity contribution in [3.8, 4) is 0 Å². The molecule has 4 nitrogen and oxygen atoms in total. The minimum absolute atomic E-state index is 0.139. The van der Waals surface area contributed by atoms with Gasteiger partial charge in [0, 0.05) is 11.7 Å². The Bertz CT molecular complexity index is 459. The molecule has 1 aliphatic rings. The van der Waals surface area contributed by atoms with Crippen LogP contribution in [0.1, 0.15) is 18.4 Å². The molecule has 2 N–H and O–H groups in total. The van der Waals surface area contributed by atoms with Gasteiger partial charge in [-0.25, -0.2) is 9.97 Å². The summed E-state index contributed by atoms with van der Waals surface area (Å²) in [5, 5.41) is 0. The summed E-state index contributed by atoms with van der Waals surface area (Å²) in [4.78, 5) is 8.17. The third kappa shape index (κ3) is 0.954. The standard InChI is InChI=1S/C9H9N3O/c10-9(1-2-9)6-3-7-8(11-4-6)13-5-12-7/h3-5H,1-2,10H2. The average molecular weight is 175 g/mol. The van der Waals surface area contributed by atoms with Gasteiger partial charge in [0.1, 0.15) is 5.52 Å². The number of hydrogen-bond donors (Lipinski definition) is 1. The van der Waals surface area contributed by atoms with Gasteiger partial charge in [0.05, 0.1) is 0 Å². The molecule has 0 amide bonds. The van der Waals surface area contributed by atoms with Crippen molar-refractivity contribution in [3.63, 3.8) is 0 Å². The summed E-state index contributed by atoms with van der Waals surface area (Å²) in [5.74, 6) is 0. The van der Waals surface area contributed by atoms with Crippen LogP contribution in [0.15, 0.2) is 23.1 Å². The van der Waals surface area contributed by atoms with Gasteiger partial charge in [-0.3, -0.25) is 0 Å². The van der Waals surface area contributed by atoms with Crippen molar-refractivity contribution in [2.45, 2.75) is 18.4 Å². The van der Waals surface area contributed by atoms with Gasteiger partial charge in [0.25, 0.3) is 0 Å². The van der Waals surface area contributed by atoms with E-state index in [2.05, 4.69) is 9.97 Å². The second-order valence-corrected chi connectivity index (χ2v) is 3.56. The lowest BCUT2D eigenvalue weighted by atomic mass is 10.1. The quantitative estimate of drug-likeness (QED) is 0.706. The number of aromatic nitrogens is 2. The molecule has 0 bridgehead atoms. The van der Waals surface area contributed by atoms with Gasteiger partial charge in [-0.05, 0) is 24.5 Å². The molecule has 0 atom stereocenters. The number of hydrogen-bond acceptors (Lipinski definition) is 4. The van der Waals surface area contributed by atoms with Gasteiger partial charge in [-0.15, -0.1) is 0 Å². The number of fused-ring (bicyclic) bond motifs is 1. The van der Waals surface area contributed by atoms with E-state index >= 15 is 0 Å². The Morgan fingerprint density at radius 3 is 3.00 bits per heavy atom. The first-order chi connectivity index (χ1) is 6.28. The molecule has 1 aliphatic carbocycles. The van der Waals surface area contributed by atoms with Gasteiger partial charge >= 0.3 is 0 Å². The molecule has 0 spiro atoms. The van der Waals surface area contributed by atoms with E-state index in [0.29, 0.717) is 5.71 Å². The molecular formula is C9H9N3O. The van der Waals surface area contributed by atoms with Crippen molar-refractivity contribution in [2.75, 3.05) is 0 Å². The van der Waals surface area contributed by atoms with Gasteiger partial charge in [0.15, 0.2) is 6.39 Å². The SMILES string of the molecule is NC1(c2cnc3ocnc3c2)CC1. The van der Waals surface area contributed by atoms with Crippen LogP contribution in [0.2, 0.25) is 0 Å². The molecule has 3 rings (SSSR count). The Balaban J connectivity index is 2.20. The first kappa shape index (κ1) is 7.03. The highest BCUT2D eigenvalue weighted by Gasteiger charge is 2.40. The molecule has 0 aromatic carbocycles. The zero-order chi connectivity index (χ0) is 8.89. The molecule has 0 unspecified atom stereocenters. The number of nitrogens with two attached hydrogens (primary N) is 1. The fourth-order valence-corrected chi connectivity index (χ4v) is 1.45. The van der Waals surface area contributed by atoms with Crippen LogP contribution in [0.3, 0.4) is 0 Å². The highest BCUT2D eigenvalue weighted by atomic mass is 16.3. The Hall–Kier alpha value is -1.42. The number of pyridine rings is 1. The van der Waals surface area contributed by atoms with E-state index in [1.54, 1.807) is 6.20 Å². The number of rotatable bonds is 1. The molecule has 2 aromatic heterocycles. The third-order valence-electron chi connectivity index (χ3n) is 2.55. The van der Waals surface area contributed by atoms with Crippen LogP contribution >= 0.6 is 0 Å². The van der Waals surface area contributed by atoms with Crippen LogP contribution in [0.5, 0.6) is 0 Å². The predicted molar refractivity (Wildman–Crippen MR) is 46.9 cm³/mol. The van der Waals surface area contributed by atoms with Crippen molar-refractivity contribution >= 4 is 11.2 Å². The molecule has 0 aliphatic heterocycles. The van der Waals surface area contributed by atoms with E-state index in [1.165, 1.54) is 6.39 Å². The Kier molecular flexibility index (Phi) is 1.13. The van der Waals surface area contributed by atoms with E-state index in [0.717, 1.165) is 23.9 Å². The number of oxazole rings is 1. The third-order valence-corrected chi connectivity index (χ3v) is 2.55. The van der Waals surface area contributed by atoms with Crippen LogP contribution < -0.4 is 5.73 Å². The highest BCUT2D eigenvalue weighted by Crippen LogP contribution is 2.42. The van der Waals surface area contributed by atoms with Crippen LogP contribution in [0.4, 0.5) is 0 Å². The Labute approximate surface area is 74.8 Å².